The van der Waals surface area contributed by atoms with E-state index in [0.29, 0.717) is 28.4 Å². The van der Waals surface area contributed by atoms with Gasteiger partial charge in [-0.1, -0.05) is 23.8 Å². The summed E-state index contributed by atoms with van der Waals surface area (Å²) < 4.78 is 37.3. The van der Waals surface area contributed by atoms with Crippen molar-refractivity contribution in [2.75, 3.05) is 34.1 Å². The number of hydrogen-bond acceptors (Lipinski definition) is 8. The van der Waals surface area contributed by atoms with Crippen LogP contribution in [0.4, 0.5) is 28.4 Å². The maximum atomic E-state index is 12.8. The minimum Gasteiger partial charge on any atom is -0.494 e. The molecule has 1 amide bonds. The Bertz CT molecular complexity index is 1520. The van der Waals surface area contributed by atoms with Crippen LogP contribution < -0.4 is 31.8 Å². The highest BCUT2D eigenvalue weighted by molar-refractivity contribution is 7.85. The van der Waals surface area contributed by atoms with Gasteiger partial charge in [-0.3, -0.25) is 9.35 Å². The van der Waals surface area contributed by atoms with E-state index in [4.69, 9.17) is 4.74 Å². The van der Waals surface area contributed by atoms with Gasteiger partial charge in [-0.05, 0) is 73.7 Å². The predicted octanol–water partition coefficient (Wildman–Crippen LogP) is 5.38. The zero-order chi connectivity index (χ0) is 27.1. The van der Waals surface area contributed by atoms with Crippen LogP contribution in [0.3, 0.4) is 0 Å². The van der Waals surface area contributed by atoms with Crippen molar-refractivity contribution < 1.29 is 22.5 Å². The van der Waals surface area contributed by atoms with Gasteiger partial charge in [0.25, 0.3) is 16.0 Å². The summed E-state index contributed by atoms with van der Waals surface area (Å²) in [4.78, 5) is 12.6. The van der Waals surface area contributed by atoms with Crippen LogP contribution in [0.5, 0.6) is 5.75 Å². The van der Waals surface area contributed by atoms with Gasteiger partial charge >= 0.3 is 0 Å². The van der Waals surface area contributed by atoms with Gasteiger partial charge in [-0.15, -0.1) is 0 Å². The van der Waals surface area contributed by atoms with E-state index in [1.165, 1.54) is 30.9 Å². The summed E-state index contributed by atoms with van der Waals surface area (Å²) >= 11 is 0. The van der Waals surface area contributed by atoms with Gasteiger partial charge < -0.3 is 31.8 Å². The van der Waals surface area contributed by atoms with E-state index < -0.39 is 10.1 Å². The lowest BCUT2D eigenvalue weighted by Crippen LogP contribution is -2.14. The summed E-state index contributed by atoms with van der Waals surface area (Å²) in [5.41, 5.74) is 16.8. The zero-order valence-corrected chi connectivity index (χ0v) is 21.5. The third-order valence-corrected chi connectivity index (χ3v) is 6.33. The number of aryl methyl sites for hydroxylation is 1. The second kappa shape index (κ2) is 11.5. The van der Waals surface area contributed by atoms with Crippen LogP contribution in [-0.4, -0.2) is 26.0 Å². The van der Waals surface area contributed by atoms with Crippen molar-refractivity contribution in [1.29, 1.82) is 0 Å². The summed E-state index contributed by atoms with van der Waals surface area (Å²) in [5.74, 6) is 0.111. The first-order chi connectivity index (χ1) is 18.2. The van der Waals surface area contributed by atoms with Crippen LogP contribution in [0.25, 0.3) is 0 Å². The smallest absolute Gasteiger partial charge is 0.294 e. The Morgan fingerprint density at radius 3 is 1.89 bits per heavy atom. The van der Waals surface area contributed by atoms with Crippen molar-refractivity contribution in [3.63, 3.8) is 0 Å². The van der Waals surface area contributed by atoms with Gasteiger partial charge in [0, 0.05) is 11.6 Å². The highest BCUT2D eigenvalue weighted by Gasteiger charge is 2.12. The van der Waals surface area contributed by atoms with Crippen molar-refractivity contribution in [1.82, 2.24) is 0 Å². The predicted molar refractivity (Wildman–Crippen MR) is 149 cm³/mol. The fourth-order valence-corrected chi connectivity index (χ4v) is 3.96. The summed E-state index contributed by atoms with van der Waals surface area (Å²) in [6.07, 6.45) is 0. The maximum Gasteiger partial charge on any atom is 0.294 e. The molecule has 38 heavy (non-hydrogen) atoms. The molecule has 0 aliphatic carbocycles. The van der Waals surface area contributed by atoms with Crippen LogP contribution in [0.2, 0.25) is 0 Å². The lowest BCUT2D eigenvalue weighted by Gasteiger charge is -2.15. The number of amides is 1. The Morgan fingerprint density at radius 1 is 0.737 bits per heavy atom. The van der Waals surface area contributed by atoms with Crippen LogP contribution >= 0.6 is 0 Å². The maximum absolute atomic E-state index is 12.8. The lowest BCUT2D eigenvalue weighted by molar-refractivity contribution is 0.102. The normalized spacial score (nSPS) is 10.8. The molecule has 0 radical (unpaired) electrons. The number of carbonyl (C=O) groups excluding carboxylic acids is 1. The van der Waals surface area contributed by atoms with E-state index in [1.54, 1.807) is 48.5 Å². The molecule has 0 aromatic heterocycles. The lowest BCUT2D eigenvalue weighted by atomic mass is 10.2. The first-order valence-corrected chi connectivity index (χ1v) is 12.9. The standard InChI is InChI=1S/C27H27N5O5S/c1-18-6-10-20(11-7-18)29-30-21-12-8-19(9-13-21)27(33)28-25-15-14-23(17-26(25)37-2)32-31-22-4-3-5-24(16-22)38(34,35)36/h3-17,29-32H,1-2H3,(H,28,33)(H,34,35,36). The number of methoxy groups -OCH3 is 1. The summed E-state index contributed by atoms with van der Waals surface area (Å²) in [7, 11) is -2.83. The number of hydrazine groups is 2. The third kappa shape index (κ3) is 6.93. The molecule has 4 rings (SSSR count). The van der Waals surface area contributed by atoms with Crippen molar-refractivity contribution in [3.05, 3.63) is 102 Å². The molecule has 0 saturated heterocycles. The van der Waals surface area contributed by atoms with Crippen molar-refractivity contribution in [2.24, 2.45) is 0 Å². The Hall–Kier alpha value is -4.74. The second-order valence-corrected chi connectivity index (χ2v) is 9.74. The Balaban J connectivity index is 1.36. The van der Waals surface area contributed by atoms with Crippen molar-refractivity contribution in [3.8, 4) is 5.75 Å². The molecular formula is C27H27N5O5S. The number of rotatable bonds is 10. The van der Waals surface area contributed by atoms with E-state index in [0.717, 1.165) is 11.4 Å². The van der Waals surface area contributed by atoms with E-state index in [-0.39, 0.29) is 10.8 Å². The highest BCUT2D eigenvalue weighted by Crippen LogP contribution is 2.29. The van der Waals surface area contributed by atoms with E-state index in [1.807, 2.05) is 31.2 Å². The Morgan fingerprint density at radius 2 is 1.29 bits per heavy atom. The number of benzene rings is 4. The van der Waals surface area contributed by atoms with Crippen LogP contribution in [0.1, 0.15) is 15.9 Å². The number of ether oxygens (including phenoxy) is 1. The molecular weight excluding hydrogens is 506 g/mol. The first-order valence-electron chi connectivity index (χ1n) is 11.5. The highest BCUT2D eigenvalue weighted by atomic mass is 32.2. The molecule has 4 aromatic rings. The molecule has 6 N–H and O–H groups in total. The third-order valence-electron chi connectivity index (χ3n) is 5.48. The zero-order valence-electron chi connectivity index (χ0n) is 20.6. The van der Waals surface area contributed by atoms with Gasteiger partial charge in [-0.25, -0.2) is 0 Å². The number of nitrogens with one attached hydrogen (secondary N) is 5. The van der Waals surface area contributed by atoms with E-state index in [9.17, 15) is 17.8 Å². The van der Waals surface area contributed by atoms with Gasteiger partial charge in [-0.2, -0.15) is 8.42 Å². The molecule has 10 nitrogen and oxygen atoms in total. The largest absolute Gasteiger partial charge is 0.494 e. The average molecular weight is 534 g/mol. The Labute approximate surface area is 220 Å². The minimum atomic E-state index is -4.31. The van der Waals surface area contributed by atoms with Gasteiger partial charge in [0.1, 0.15) is 5.75 Å². The monoisotopic (exact) mass is 533 g/mol. The van der Waals surface area contributed by atoms with Crippen molar-refractivity contribution in [2.45, 2.75) is 11.8 Å². The number of anilines is 5. The molecule has 0 aliphatic rings. The summed E-state index contributed by atoms with van der Waals surface area (Å²) in [6, 6.07) is 25.7. The van der Waals surface area contributed by atoms with Gasteiger partial charge in [0.05, 0.1) is 40.4 Å². The minimum absolute atomic E-state index is 0.230. The second-order valence-electron chi connectivity index (χ2n) is 8.32. The first kappa shape index (κ1) is 26.3. The SMILES string of the molecule is COc1cc(NNc2cccc(S(=O)(=O)O)c2)ccc1NC(=O)c1ccc(NNc2ccc(C)cc2)cc1. The van der Waals surface area contributed by atoms with E-state index >= 15 is 0 Å². The van der Waals surface area contributed by atoms with Gasteiger partial charge in [0.2, 0.25) is 0 Å². The van der Waals surface area contributed by atoms with Crippen LogP contribution in [-0.2, 0) is 10.1 Å². The molecule has 0 saturated carbocycles. The Kier molecular flexibility index (Phi) is 8.00. The molecule has 0 unspecified atom stereocenters. The van der Waals surface area contributed by atoms with Gasteiger partial charge in [0.15, 0.2) is 0 Å². The topological polar surface area (TPSA) is 141 Å². The molecule has 4 aromatic carbocycles. The van der Waals surface area contributed by atoms with E-state index in [2.05, 4.69) is 27.0 Å². The number of carbonyl (C=O) groups is 1. The van der Waals surface area contributed by atoms with Crippen LogP contribution in [0, 0.1) is 6.92 Å². The molecule has 11 heteroatoms. The molecule has 0 fully saturated rings. The molecule has 0 heterocycles. The molecule has 0 atom stereocenters. The molecule has 0 aliphatic heterocycles. The molecule has 0 bridgehead atoms. The fraction of sp³-hybridized carbons (Fsp3) is 0.0741. The fourth-order valence-electron chi connectivity index (χ4n) is 3.43. The average Bonchev–Trinajstić information content (AvgIpc) is 2.92. The summed E-state index contributed by atoms with van der Waals surface area (Å²) in [6.45, 7) is 2.03. The van der Waals surface area contributed by atoms with Crippen molar-refractivity contribution >= 4 is 44.5 Å². The summed E-state index contributed by atoms with van der Waals surface area (Å²) in [5, 5.41) is 2.84. The van der Waals surface area contributed by atoms with Crippen LogP contribution in [0.15, 0.2) is 95.9 Å². The molecule has 0 spiro atoms. The quantitative estimate of drug-likeness (QED) is 0.117. The number of hydrogen-bond donors (Lipinski definition) is 6. The molecule has 196 valence electrons.